The van der Waals surface area contributed by atoms with Crippen molar-refractivity contribution in [3.63, 3.8) is 0 Å². The molecule has 2 N–H and O–H groups in total. The number of amides is 2. The molecule has 2 rings (SSSR count). The van der Waals surface area contributed by atoms with Crippen LogP contribution in [0.25, 0.3) is 0 Å². The first kappa shape index (κ1) is 22.2. The second kappa shape index (κ2) is 12.4. The average Bonchev–Trinajstić information content (AvgIpc) is 3.24. The van der Waals surface area contributed by atoms with Gasteiger partial charge in [0.25, 0.3) is 5.91 Å². The van der Waals surface area contributed by atoms with E-state index in [1.807, 2.05) is 18.4 Å². The van der Waals surface area contributed by atoms with Gasteiger partial charge in [0.1, 0.15) is 17.6 Å². The summed E-state index contributed by atoms with van der Waals surface area (Å²) >= 11 is 3.32. The first-order valence-electron chi connectivity index (χ1n) is 8.96. The summed E-state index contributed by atoms with van der Waals surface area (Å²) in [4.78, 5) is 25.2. The number of nitrogens with one attached hydrogen (secondary N) is 2. The maximum absolute atomic E-state index is 12.6. The van der Waals surface area contributed by atoms with E-state index in [9.17, 15) is 9.59 Å². The van der Waals surface area contributed by atoms with E-state index in [0.29, 0.717) is 24.3 Å². The summed E-state index contributed by atoms with van der Waals surface area (Å²) in [5.41, 5.74) is 0.418. The first-order valence-corrected chi connectivity index (χ1v) is 11.5. The Morgan fingerprint density at radius 3 is 2.71 bits per heavy atom. The Morgan fingerprint density at radius 2 is 2.00 bits per heavy atom. The van der Waals surface area contributed by atoms with Crippen LogP contribution in [0.2, 0.25) is 0 Å². The first-order chi connectivity index (χ1) is 13.7. The molecule has 0 spiro atoms. The van der Waals surface area contributed by atoms with Gasteiger partial charge in [-0.05, 0) is 42.7 Å². The number of hydrogen-bond donors (Lipinski definition) is 2. The molecular formula is C20H26N2O4S2. The van der Waals surface area contributed by atoms with Crippen molar-refractivity contribution in [2.45, 2.75) is 18.2 Å². The van der Waals surface area contributed by atoms with E-state index >= 15 is 0 Å². The van der Waals surface area contributed by atoms with Gasteiger partial charge in [0.15, 0.2) is 0 Å². The van der Waals surface area contributed by atoms with Crippen molar-refractivity contribution < 1.29 is 18.7 Å². The minimum absolute atomic E-state index is 0.170. The Balaban J connectivity index is 1.84. The molecule has 8 heteroatoms. The van der Waals surface area contributed by atoms with Crippen molar-refractivity contribution in [2.24, 2.45) is 0 Å². The third kappa shape index (κ3) is 7.16. The molecule has 0 saturated heterocycles. The average molecular weight is 423 g/mol. The van der Waals surface area contributed by atoms with Gasteiger partial charge in [0, 0.05) is 12.3 Å². The lowest BCUT2D eigenvalue weighted by molar-refractivity contribution is -0.122. The van der Waals surface area contributed by atoms with Gasteiger partial charge >= 0.3 is 0 Å². The second-order valence-corrected chi connectivity index (χ2v) is 8.02. The van der Waals surface area contributed by atoms with Gasteiger partial charge in [-0.3, -0.25) is 9.59 Å². The quantitative estimate of drug-likeness (QED) is 0.512. The monoisotopic (exact) mass is 422 g/mol. The van der Waals surface area contributed by atoms with Gasteiger partial charge < -0.3 is 19.8 Å². The summed E-state index contributed by atoms with van der Waals surface area (Å²) in [5, 5.41) is 5.75. The SMILES string of the molecule is COc1ccccc1C(=O)NC(CCSC)C(=O)NCCSCc1ccco1. The molecule has 1 atom stereocenters. The lowest BCUT2D eigenvalue weighted by Gasteiger charge is -2.19. The predicted octanol–water partition coefficient (Wildman–Crippen LogP) is 3.19. The molecule has 1 aromatic carbocycles. The fraction of sp³-hybridized carbons (Fsp3) is 0.400. The molecule has 28 heavy (non-hydrogen) atoms. The fourth-order valence-electron chi connectivity index (χ4n) is 2.51. The molecule has 2 aromatic rings. The van der Waals surface area contributed by atoms with Crippen LogP contribution >= 0.6 is 23.5 Å². The van der Waals surface area contributed by atoms with Crippen molar-refractivity contribution in [3.8, 4) is 5.75 Å². The van der Waals surface area contributed by atoms with Crippen molar-refractivity contribution in [1.29, 1.82) is 0 Å². The number of carbonyl (C=O) groups excluding carboxylic acids is 2. The summed E-state index contributed by atoms with van der Waals surface area (Å²) < 4.78 is 10.5. The number of carbonyl (C=O) groups is 2. The third-order valence-electron chi connectivity index (χ3n) is 3.95. The predicted molar refractivity (Wildman–Crippen MR) is 115 cm³/mol. The third-order valence-corrected chi connectivity index (χ3v) is 5.58. The van der Waals surface area contributed by atoms with Crippen molar-refractivity contribution >= 4 is 35.3 Å². The van der Waals surface area contributed by atoms with E-state index in [4.69, 9.17) is 9.15 Å². The van der Waals surface area contributed by atoms with Crippen LogP contribution in [0.4, 0.5) is 0 Å². The smallest absolute Gasteiger partial charge is 0.255 e. The number of benzene rings is 1. The Bertz CT molecular complexity index is 738. The van der Waals surface area contributed by atoms with E-state index < -0.39 is 6.04 Å². The van der Waals surface area contributed by atoms with Crippen LogP contribution in [0.5, 0.6) is 5.75 Å². The minimum atomic E-state index is -0.583. The largest absolute Gasteiger partial charge is 0.496 e. The van der Waals surface area contributed by atoms with E-state index in [1.165, 1.54) is 7.11 Å². The lowest BCUT2D eigenvalue weighted by Crippen LogP contribution is -2.47. The summed E-state index contributed by atoms with van der Waals surface area (Å²) in [6.07, 6.45) is 4.19. The molecule has 0 radical (unpaired) electrons. The van der Waals surface area contributed by atoms with Crippen LogP contribution in [0, 0.1) is 0 Å². The number of ether oxygens (including phenoxy) is 1. The minimum Gasteiger partial charge on any atom is -0.496 e. The van der Waals surface area contributed by atoms with E-state index in [0.717, 1.165) is 23.0 Å². The highest BCUT2D eigenvalue weighted by molar-refractivity contribution is 7.98. The number of hydrogen-bond acceptors (Lipinski definition) is 6. The highest BCUT2D eigenvalue weighted by Crippen LogP contribution is 2.17. The number of thioether (sulfide) groups is 2. The van der Waals surface area contributed by atoms with Gasteiger partial charge in [-0.1, -0.05) is 12.1 Å². The number of rotatable bonds is 12. The molecule has 0 aliphatic rings. The van der Waals surface area contributed by atoms with Gasteiger partial charge in [-0.25, -0.2) is 0 Å². The van der Waals surface area contributed by atoms with Crippen LogP contribution in [-0.2, 0) is 10.5 Å². The summed E-state index contributed by atoms with van der Waals surface area (Å²) in [5.74, 6) is 3.22. The molecule has 0 saturated carbocycles. The fourth-order valence-corrected chi connectivity index (χ4v) is 3.74. The molecule has 2 amide bonds. The Morgan fingerprint density at radius 1 is 1.18 bits per heavy atom. The maximum atomic E-state index is 12.6. The van der Waals surface area contributed by atoms with E-state index in [1.54, 1.807) is 54.1 Å². The number of furan rings is 1. The van der Waals surface area contributed by atoms with Crippen molar-refractivity contribution in [3.05, 3.63) is 54.0 Å². The van der Waals surface area contributed by atoms with Gasteiger partial charge in [-0.15, -0.1) is 0 Å². The van der Waals surface area contributed by atoms with Gasteiger partial charge in [-0.2, -0.15) is 23.5 Å². The summed E-state index contributed by atoms with van der Waals surface area (Å²) in [6, 6.07) is 10.2. The zero-order valence-corrected chi connectivity index (χ0v) is 17.7. The topological polar surface area (TPSA) is 80.6 Å². The highest BCUT2D eigenvalue weighted by Gasteiger charge is 2.22. The summed E-state index contributed by atoms with van der Waals surface area (Å²) in [7, 11) is 1.52. The molecule has 1 aromatic heterocycles. The zero-order chi connectivity index (χ0) is 20.2. The van der Waals surface area contributed by atoms with Gasteiger partial charge in [0.05, 0.1) is 24.7 Å². The molecule has 0 bridgehead atoms. The number of methoxy groups -OCH3 is 1. The molecule has 0 aliphatic heterocycles. The van der Waals surface area contributed by atoms with Crippen LogP contribution in [0.15, 0.2) is 47.1 Å². The van der Waals surface area contributed by atoms with E-state index in [2.05, 4.69) is 10.6 Å². The van der Waals surface area contributed by atoms with Gasteiger partial charge in [0.2, 0.25) is 5.91 Å². The molecular weight excluding hydrogens is 396 g/mol. The Labute approximate surface area is 174 Å². The highest BCUT2D eigenvalue weighted by atomic mass is 32.2. The molecule has 6 nitrogen and oxygen atoms in total. The standard InChI is InChI=1S/C20H26N2O4S2/c1-25-18-8-4-3-7-16(18)19(23)22-17(9-12-27-2)20(24)21-10-13-28-14-15-6-5-11-26-15/h3-8,11,17H,9-10,12-14H2,1-2H3,(H,21,24)(H,22,23). The molecule has 1 unspecified atom stereocenters. The van der Waals surface area contributed by atoms with E-state index in [-0.39, 0.29) is 11.8 Å². The molecule has 0 aliphatic carbocycles. The molecule has 152 valence electrons. The van der Waals surface area contributed by atoms with Crippen LogP contribution in [0.3, 0.4) is 0 Å². The van der Waals surface area contributed by atoms with Crippen LogP contribution < -0.4 is 15.4 Å². The number of para-hydroxylation sites is 1. The second-order valence-electron chi connectivity index (χ2n) is 5.93. The Kier molecular flexibility index (Phi) is 9.85. The zero-order valence-electron chi connectivity index (χ0n) is 16.1. The van der Waals surface area contributed by atoms with Crippen LogP contribution in [-0.4, -0.2) is 49.3 Å². The van der Waals surface area contributed by atoms with Crippen LogP contribution in [0.1, 0.15) is 22.5 Å². The maximum Gasteiger partial charge on any atom is 0.255 e. The summed E-state index contributed by atoms with van der Waals surface area (Å²) in [6.45, 7) is 0.532. The lowest BCUT2D eigenvalue weighted by atomic mass is 10.1. The van der Waals surface area contributed by atoms with Crippen molar-refractivity contribution in [2.75, 3.05) is 31.4 Å². The normalized spacial score (nSPS) is 11.6. The molecule has 0 fully saturated rings. The molecule has 1 heterocycles. The Hall–Kier alpha value is -2.06. The van der Waals surface area contributed by atoms with Crippen molar-refractivity contribution in [1.82, 2.24) is 10.6 Å².